The molecule has 2 aromatic heterocycles. The zero-order chi connectivity index (χ0) is 19.6. The molecule has 2 aromatic carbocycles. The predicted octanol–water partition coefficient (Wildman–Crippen LogP) is 2.24. The standard InChI is InChI=1S/C21H20AsN5O2/c28-20(16-5-1-3-7-18(16)27-23-11-12-24-27)25-15-10-9-14(13-15)22-21-26-17-6-2-4-8-19(17)29-21/h1-8,11-12,14-15,22H,9-10,13H2,(H,25,28). The van der Waals surface area contributed by atoms with Crippen molar-refractivity contribution < 1.29 is 9.21 Å². The Hall–Kier alpha value is -2.92. The number of nitrogens with zero attached hydrogens (tertiary/aromatic N) is 4. The molecule has 0 aliphatic heterocycles. The van der Waals surface area contributed by atoms with Crippen LogP contribution in [0.5, 0.6) is 0 Å². The monoisotopic (exact) mass is 449 g/mol. The van der Waals surface area contributed by atoms with E-state index in [2.05, 4.69) is 20.5 Å². The van der Waals surface area contributed by atoms with Gasteiger partial charge in [0.1, 0.15) is 0 Å². The summed E-state index contributed by atoms with van der Waals surface area (Å²) >= 11 is -0.476. The Bertz CT molecular complexity index is 1110. The van der Waals surface area contributed by atoms with E-state index in [0.29, 0.717) is 16.0 Å². The first-order valence-corrected chi connectivity index (χ1v) is 11.9. The van der Waals surface area contributed by atoms with Crippen molar-refractivity contribution in [2.45, 2.75) is 30.0 Å². The summed E-state index contributed by atoms with van der Waals surface area (Å²) in [4.78, 5) is 19.0. The van der Waals surface area contributed by atoms with Gasteiger partial charge in [-0.3, -0.25) is 0 Å². The van der Waals surface area contributed by atoms with Crippen molar-refractivity contribution >= 4 is 37.4 Å². The number of hydrogen-bond acceptors (Lipinski definition) is 5. The van der Waals surface area contributed by atoms with Crippen LogP contribution in [0.1, 0.15) is 29.6 Å². The number of nitrogens with one attached hydrogen (secondary N) is 1. The summed E-state index contributed by atoms with van der Waals surface area (Å²) in [5.41, 5.74) is 3.06. The molecule has 29 heavy (non-hydrogen) atoms. The van der Waals surface area contributed by atoms with Crippen molar-refractivity contribution in [1.82, 2.24) is 25.3 Å². The van der Waals surface area contributed by atoms with Crippen molar-refractivity contribution in [3.05, 3.63) is 66.5 Å². The van der Waals surface area contributed by atoms with Crippen LogP contribution in [0, 0.1) is 0 Å². The summed E-state index contributed by atoms with van der Waals surface area (Å²) in [5.74, 6) is -0.0783. The fourth-order valence-corrected chi connectivity index (χ4v) is 6.77. The van der Waals surface area contributed by atoms with Crippen molar-refractivity contribution in [2.24, 2.45) is 0 Å². The van der Waals surface area contributed by atoms with E-state index in [1.54, 1.807) is 12.4 Å². The first kappa shape index (κ1) is 18.1. The third-order valence-corrected chi connectivity index (χ3v) is 8.10. The number of oxazole rings is 1. The molecular weight excluding hydrogens is 429 g/mol. The molecule has 0 spiro atoms. The van der Waals surface area contributed by atoms with Gasteiger partial charge in [0.2, 0.25) is 0 Å². The van der Waals surface area contributed by atoms with E-state index >= 15 is 0 Å². The van der Waals surface area contributed by atoms with Gasteiger partial charge in [0, 0.05) is 0 Å². The molecular formula is C21H20AsN5O2. The Morgan fingerprint density at radius 2 is 1.86 bits per heavy atom. The predicted molar refractivity (Wildman–Crippen MR) is 111 cm³/mol. The van der Waals surface area contributed by atoms with Crippen LogP contribution in [0.2, 0.25) is 4.71 Å². The summed E-state index contributed by atoms with van der Waals surface area (Å²) in [6, 6.07) is 15.5. The van der Waals surface area contributed by atoms with Crippen molar-refractivity contribution in [3.63, 3.8) is 0 Å². The zero-order valence-electron chi connectivity index (χ0n) is 15.7. The van der Waals surface area contributed by atoms with Crippen LogP contribution in [0.3, 0.4) is 0 Å². The molecule has 0 saturated heterocycles. The van der Waals surface area contributed by atoms with E-state index in [1.807, 2.05) is 48.5 Å². The average Bonchev–Trinajstić information content (AvgIpc) is 3.49. The summed E-state index contributed by atoms with van der Waals surface area (Å²) in [7, 11) is 0. The quantitative estimate of drug-likeness (QED) is 0.473. The van der Waals surface area contributed by atoms with Gasteiger partial charge in [-0.05, 0) is 0 Å². The fourth-order valence-electron chi connectivity index (χ4n) is 3.80. The van der Waals surface area contributed by atoms with Gasteiger partial charge in [0.05, 0.1) is 0 Å². The summed E-state index contributed by atoms with van der Waals surface area (Å²) in [6.07, 6.45) is 6.28. The molecule has 146 valence electrons. The van der Waals surface area contributed by atoms with E-state index < -0.39 is 15.8 Å². The van der Waals surface area contributed by atoms with Crippen LogP contribution >= 0.6 is 0 Å². The van der Waals surface area contributed by atoms with Gasteiger partial charge in [0.15, 0.2) is 0 Å². The second-order valence-electron chi connectivity index (χ2n) is 7.15. The Morgan fingerprint density at radius 1 is 1.07 bits per heavy atom. The van der Waals surface area contributed by atoms with Gasteiger partial charge >= 0.3 is 174 Å². The molecule has 3 unspecified atom stereocenters. The molecule has 5 rings (SSSR count). The third-order valence-electron chi connectivity index (χ3n) is 5.17. The number of amides is 1. The number of para-hydroxylation sites is 3. The number of rotatable bonds is 5. The van der Waals surface area contributed by atoms with Crippen LogP contribution < -0.4 is 10.00 Å². The molecule has 1 amide bonds. The Balaban J connectivity index is 1.24. The SMILES string of the molecule is O=C(NC1CCC([AsH]c2nc3ccccc3o2)C1)c1ccccc1-n1nccn1. The van der Waals surface area contributed by atoms with E-state index in [0.717, 1.165) is 35.0 Å². The van der Waals surface area contributed by atoms with E-state index in [9.17, 15) is 4.79 Å². The zero-order valence-corrected chi connectivity index (χ0v) is 17.8. The topological polar surface area (TPSA) is 85.8 Å². The van der Waals surface area contributed by atoms with Gasteiger partial charge in [-0.25, -0.2) is 0 Å². The molecule has 8 heteroatoms. The van der Waals surface area contributed by atoms with Gasteiger partial charge in [-0.1, -0.05) is 0 Å². The molecule has 1 aliphatic rings. The molecule has 1 N–H and O–H groups in total. The summed E-state index contributed by atoms with van der Waals surface area (Å²) in [5, 5.41) is 11.5. The van der Waals surface area contributed by atoms with Gasteiger partial charge in [-0.2, -0.15) is 0 Å². The maximum atomic E-state index is 12.9. The minimum absolute atomic E-state index is 0.0783. The molecule has 2 heterocycles. The number of hydrogen-bond donors (Lipinski definition) is 1. The normalized spacial score (nSPS) is 19.3. The van der Waals surface area contributed by atoms with Gasteiger partial charge in [-0.15, -0.1) is 0 Å². The van der Waals surface area contributed by atoms with Crippen LogP contribution in [0.4, 0.5) is 0 Å². The van der Waals surface area contributed by atoms with Crippen molar-refractivity contribution in [3.8, 4) is 5.69 Å². The van der Waals surface area contributed by atoms with Crippen LogP contribution in [0.25, 0.3) is 16.8 Å². The first-order valence-electron chi connectivity index (χ1n) is 9.65. The number of aromatic nitrogens is 4. The maximum absolute atomic E-state index is 12.9. The summed E-state index contributed by atoms with van der Waals surface area (Å²) < 4.78 is 7.39. The average molecular weight is 449 g/mol. The molecule has 1 saturated carbocycles. The Morgan fingerprint density at radius 3 is 2.72 bits per heavy atom. The van der Waals surface area contributed by atoms with E-state index in [4.69, 9.17) is 4.42 Å². The Kier molecular flexibility index (Phi) is 4.90. The van der Waals surface area contributed by atoms with Crippen molar-refractivity contribution in [2.75, 3.05) is 0 Å². The van der Waals surface area contributed by atoms with E-state index in [1.165, 1.54) is 4.80 Å². The molecule has 0 radical (unpaired) electrons. The number of carbonyl (C=O) groups excluding carboxylic acids is 1. The second kappa shape index (κ2) is 7.83. The van der Waals surface area contributed by atoms with Crippen LogP contribution in [-0.4, -0.2) is 47.7 Å². The van der Waals surface area contributed by atoms with Crippen LogP contribution in [0.15, 0.2) is 65.3 Å². The first-order chi connectivity index (χ1) is 14.3. The number of benzene rings is 2. The minimum atomic E-state index is -0.476. The fraction of sp³-hybridized carbons (Fsp3) is 0.238. The van der Waals surface area contributed by atoms with Crippen LogP contribution in [-0.2, 0) is 0 Å². The van der Waals surface area contributed by atoms with Gasteiger partial charge in [0.25, 0.3) is 0 Å². The molecule has 7 nitrogen and oxygen atoms in total. The Labute approximate surface area is 174 Å². The second-order valence-corrected chi connectivity index (χ2v) is 10.4. The number of fused-ring (bicyclic) bond motifs is 1. The summed E-state index contributed by atoms with van der Waals surface area (Å²) in [6.45, 7) is 0. The number of carbonyl (C=O) groups is 1. The molecule has 4 aromatic rings. The third kappa shape index (κ3) is 3.83. The van der Waals surface area contributed by atoms with Crippen molar-refractivity contribution in [1.29, 1.82) is 0 Å². The van der Waals surface area contributed by atoms with E-state index in [-0.39, 0.29) is 11.9 Å². The van der Waals surface area contributed by atoms with Gasteiger partial charge < -0.3 is 0 Å². The molecule has 1 fully saturated rings. The molecule has 1 aliphatic carbocycles. The molecule has 0 bridgehead atoms. The molecule has 3 atom stereocenters.